The van der Waals surface area contributed by atoms with E-state index in [4.69, 9.17) is 15.0 Å². The molecular weight excluding hydrogens is 267 g/mol. The molecule has 6 heteroatoms. The SMILES string of the molecule is CCOC(=O)CI.O=C(O)O. The summed E-state index contributed by atoms with van der Waals surface area (Å²) in [6.45, 7) is 2.28. The highest BCUT2D eigenvalue weighted by molar-refractivity contribution is 14.1. The van der Waals surface area contributed by atoms with Crippen LogP contribution < -0.4 is 0 Å². The summed E-state index contributed by atoms with van der Waals surface area (Å²) in [4.78, 5) is 18.7. The van der Waals surface area contributed by atoms with Crippen LogP contribution in [0.4, 0.5) is 4.79 Å². The minimum absolute atomic E-state index is 0.136. The second-order valence-corrected chi connectivity index (χ2v) is 1.98. The number of hydrogen-bond donors (Lipinski definition) is 2. The van der Waals surface area contributed by atoms with Gasteiger partial charge < -0.3 is 14.9 Å². The van der Waals surface area contributed by atoms with Crippen molar-refractivity contribution in [2.45, 2.75) is 6.92 Å². The first-order valence-corrected chi connectivity index (χ1v) is 4.20. The van der Waals surface area contributed by atoms with Gasteiger partial charge in [-0.15, -0.1) is 0 Å². The Morgan fingerprint density at radius 2 is 1.82 bits per heavy atom. The molecule has 0 aromatic carbocycles. The van der Waals surface area contributed by atoms with Crippen molar-refractivity contribution in [1.82, 2.24) is 0 Å². The number of carbonyl (C=O) groups is 2. The largest absolute Gasteiger partial charge is 0.503 e. The summed E-state index contributed by atoms with van der Waals surface area (Å²) < 4.78 is 4.99. The van der Waals surface area contributed by atoms with Gasteiger partial charge >= 0.3 is 12.1 Å². The maximum Gasteiger partial charge on any atom is 0.503 e. The van der Waals surface area contributed by atoms with Crippen molar-refractivity contribution in [3.63, 3.8) is 0 Å². The average molecular weight is 276 g/mol. The minimum Gasteiger partial charge on any atom is -0.465 e. The summed E-state index contributed by atoms with van der Waals surface area (Å²) in [5.41, 5.74) is 0. The molecule has 0 aromatic heterocycles. The van der Waals surface area contributed by atoms with E-state index in [0.717, 1.165) is 0 Å². The summed E-state index contributed by atoms with van der Waals surface area (Å²) in [6.07, 6.45) is -1.83. The van der Waals surface area contributed by atoms with E-state index < -0.39 is 6.16 Å². The third-order valence-electron chi connectivity index (χ3n) is 0.414. The molecule has 0 saturated heterocycles. The predicted molar refractivity (Wildman–Crippen MR) is 46.2 cm³/mol. The molecule has 0 heterocycles. The number of halogens is 1. The number of carbonyl (C=O) groups excluding carboxylic acids is 1. The normalized spacial score (nSPS) is 7.45. The van der Waals surface area contributed by atoms with E-state index in [9.17, 15) is 4.79 Å². The van der Waals surface area contributed by atoms with Crippen molar-refractivity contribution in [2.75, 3.05) is 11.0 Å². The first-order chi connectivity index (χ1) is 5.04. The summed E-state index contributed by atoms with van der Waals surface area (Å²) in [6, 6.07) is 0. The van der Waals surface area contributed by atoms with Crippen molar-refractivity contribution in [1.29, 1.82) is 0 Å². The van der Waals surface area contributed by atoms with Crippen LogP contribution in [0.2, 0.25) is 0 Å². The number of carboxylic acid groups (broad SMARTS) is 2. The van der Waals surface area contributed by atoms with Crippen LogP contribution in [0.25, 0.3) is 0 Å². The summed E-state index contributed by atoms with van der Waals surface area (Å²) in [5, 5.41) is 13.9. The van der Waals surface area contributed by atoms with Crippen molar-refractivity contribution in [3.8, 4) is 0 Å². The minimum atomic E-state index is -1.83. The molecule has 0 rings (SSSR count). The van der Waals surface area contributed by atoms with Crippen LogP contribution in [0.3, 0.4) is 0 Å². The Labute approximate surface area is 77.5 Å². The lowest BCUT2D eigenvalue weighted by atomic mass is 10.8. The zero-order valence-electron chi connectivity index (χ0n) is 5.91. The number of alkyl halides is 1. The number of rotatable bonds is 2. The Morgan fingerprint density at radius 1 is 1.45 bits per heavy atom. The number of ether oxygens (including phenoxy) is 1. The molecule has 0 amide bonds. The molecule has 0 radical (unpaired) electrons. The number of esters is 1. The Morgan fingerprint density at radius 3 is 1.91 bits per heavy atom. The highest BCUT2D eigenvalue weighted by atomic mass is 127. The van der Waals surface area contributed by atoms with Gasteiger partial charge in [0.2, 0.25) is 0 Å². The second kappa shape index (κ2) is 9.47. The topological polar surface area (TPSA) is 83.8 Å². The van der Waals surface area contributed by atoms with Crippen LogP contribution in [0.1, 0.15) is 6.92 Å². The van der Waals surface area contributed by atoms with Crippen LogP contribution >= 0.6 is 22.6 Å². The van der Waals surface area contributed by atoms with Gasteiger partial charge in [-0.05, 0) is 6.92 Å². The van der Waals surface area contributed by atoms with E-state index in [1.54, 1.807) is 6.92 Å². The van der Waals surface area contributed by atoms with Crippen molar-refractivity contribution in [2.24, 2.45) is 0 Å². The molecule has 11 heavy (non-hydrogen) atoms. The monoisotopic (exact) mass is 276 g/mol. The molecule has 0 bridgehead atoms. The van der Waals surface area contributed by atoms with Gasteiger partial charge in [0.15, 0.2) is 0 Å². The summed E-state index contributed by atoms with van der Waals surface area (Å²) in [7, 11) is 0. The zero-order chi connectivity index (χ0) is 9.28. The molecule has 0 fully saturated rings. The molecule has 2 N–H and O–H groups in total. The highest BCUT2D eigenvalue weighted by Crippen LogP contribution is 1.83. The van der Waals surface area contributed by atoms with Gasteiger partial charge in [0.25, 0.3) is 0 Å². The van der Waals surface area contributed by atoms with Crippen LogP contribution in [-0.4, -0.2) is 33.4 Å². The molecule has 0 aliphatic carbocycles. The third kappa shape index (κ3) is 26.4. The molecular formula is C5H9IO5. The van der Waals surface area contributed by atoms with E-state index in [1.165, 1.54) is 0 Å². The molecule has 66 valence electrons. The van der Waals surface area contributed by atoms with Gasteiger partial charge in [-0.25, -0.2) is 4.79 Å². The number of hydrogen-bond acceptors (Lipinski definition) is 3. The van der Waals surface area contributed by atoms with Crippen molar-refractivity contribution >= 4 is 34.7 Å². The Hall–Kier alpha value is -0.530. The average Bonchev–Trinajstić information content (AvgIpc) is 1.87. The molecule has 0 aliphatic heterocycles. The van der Waals surface area contributed by atoms with Crippen LogP contribution in [-0.2, 0) is 9.53 Å². The Kier molecular flexibility index (Phi) is 11.3. The predicted octanol–water partition coefficient (Wildman–Crippen LogP) is 1.21. The molecule has 0 atom stereocenters. The molecule has 0 spiro atoms. The van der Waals surface area contributed by atoms with Gasteiger partial charge in [0.05, 0.1) is 11.0 Å². The summed E-state index contributed by atoms with van der Waals surface area (Å²) in [5.74, 6) is -0.136. The van der Waals surface area contributed by atoms with Gasteiger partial charge in [0.1, 0.15) is 0 Å². The maximum absolute atomic E-state index is 10.2. The fraction of sp³-hybridized carbons (Fsp3) is 0.600. The Balaban J connectivity index is 0. The van der Waals surface area contributed by atoms with Crippen LogP contribution in [0.15, 0.2) is 0 Å². The first kappa shape index (κ1) is 13.1. The quantitative estimate of drug-likeness (QED) is 0.450. The lowest BCUT2D eigenvalue weighted by Gasteiger charge is -1.93. The fourth-order valence-corrected chi connectivity index (χ4v) is 0.420. The van der Waals surface area contributed by atoms with Crippen LogP contribution in [0, 0.1) is 0 Å². The van der Waals surface area contributed by atoms with E-state index >= 15 is 0 Å². The summed E-state index contributed by atoms with van der Waals surface area (Å²) >= 11 is 1.96. The van der Waals surface area contributed by atoms with E-state index in [1.807, 2.05) is 22.6 Å². The zero-order valence-corrected chi connectivity index (χ0v) is 8.07. The smallest absolute Gasteiger partial charge is 0.465 e. The van der Waals surface area contributed by atoms with Gasteiger partial charge in [-0.2, -0.15) is 0 Å². The van der Waals surface area contributed by atoms with Gasteiger partial charge in [0, 0.05) is 0 Å². The Bertz CT molecular complexity index is 120. The first-order valence-electron chi connectivity index (χ1n) is 2.68. The maximum atomic E-state index is 10.2. The van der Waals surface area contributed by atoms with E-state index in [0.29, 0.717) is 11.0 Å². The standard InChI is InChI=1S/C4H7IO2.CH2O3/c1-2-7-4(6)3-5;2-1(3)4/h2-3H2,1H3;(H2,2,3,4). The van der Waals surface area contributed by atoms with E-state index in [-0.39, 0.29) is 5.97 Å². The van der Waals surface area contributed by atoms with Crippen LogP contribution in [0.5, 0.6) is 0 Å². The second-order valence-electron chi connectivity index (χ2n) is 1.22. The molecule has 0 saturated carbocycles. The van der Waals surface area contributed by atoms with Gasteiger partial charge in [-0.1, -0.05) is 22.6 Å². The molecule has 0 aliphatic rings. The van der Waals surface area contributed by atoms with Crippen molar-refractivity contribution < 1.29 is 24.5 Å². The molecule has 0 aromatic rings. The lowest BCUT2D eigenvalue weighted by molar-refractivity contribution is -0.139. The fourth-order valence-electron chi connectivity index (χ4n) is 0.200. The molecule has 5 nitrogen and oxygen atoms in total. The van der Waals surface area contributed by atoms with E-state index in [2.05, 4.69) is 4.74 Å². The molecule has 0 unspecified atom stereocenters. The van der Waals surface area contributed by atoms with Crippen molar-refractivity contribution in [3.05, 3.63) is 0 Å². The van der Waals surface area contributed by atoms with Gasteiger partial charge in [-0.3, -0.25) is 4.79 Å². The highest BCUT2D eigenvalue weighted by Gasteiger charge is 1.92. The lowest BCUT2D eigenvalue weighted by Crippen LogP contribution is -2.03. The third-order valence-corrected chi connectivity index (χ3v) is 1.04.